The number of fused-ring (bicyclic) bond motifs is 1. The standard InChI is InChI=1S/C25H27N5O3S/c1-17-5-9-21(10-6-17)30(34(32,33)22-11-7-18(2)8-12-22)14-13-24(31)27-20-15-23-19(3)28-29(4)25(23)26-16-20/h5-12,15-16H,13-14H2,1-4H3,(H,27,31). The molecule has 0 unspecified atom stereocenters. The molecule has 0 saturated heterocycles. The number of aromatic nitrogens is 3. The Kier molecular flexibility index (Phi) is 6.39. The molecule has 1 amide bonds. The number of carbonyl (C=O) groups excluding carboxylic acids is 1. The Labute approximate surface area is 199 Å². The van der Waals surface area contributed by atoms with Crippen LogP contribution >= 0.6 is 0 Å². The highest BCUT2D eigenvalue weighted by Crippen LogP contribution is 2.25. The maximum absolute atomic E-state index is 13.5. The number of rotatable bonds is 7. The van der Waals surface area contributed by atoms with Crippen molar-refractivity contribution in [3.8, 4) is 0 Å². The molecule has 0 aliphatic rings. The van der Waals surface area contributed by atoms with Crippen LogP contribution in [-0.4, -0.2) is 35.6 Å². The van der Waals surface area contributed by atoms with E-state index in [0.717, 1.165) is 27.9 Å². The number of anilines is 2. The molecule has 4 aromatic rings. The van der Waals surface area contributed by atoms with Crippen molar-refractivity contribution in [1.29, 1.82) is 0 Å². The third kappa shape index (κ3) is 4.79. The summed E-state index contributed by atoms with van der Waals surface area (Å²) < 4.78 is 29.9. The molecule has 2 aromatic carbocycles. The fraction of sp³-hybridized carbons (Fsp3) is 0.240. The van der Waals surface area contributed by atoms with E-state index in [9.17, 15) is 13.2 Å². The zero-order chi connectivity index (χ0) is 24.5. The first-order valence-corrected chi connectivity index (χ1v) is 12.3. The molecule has 0 aliphatic heterocycles. The predicted molar refractivity (Wildman–Crippen MR) is 133 cm³/mol. The van der Waals surface area contributed by atoms with Crippen molar-refractivity contribution >= 4 is 38.3 Å². The molecule has 0 bridgehead atoms. The van der Waals surface area contributed by atoms with Crippen LogP contribution in [0.3, 0.4) is 0 Å². The molecule has 0 aliphatic carbocycles. The fourth-order valence-electron chi connectivity index (χ4n) is 3.74. The molecule has 8 nitrogen and oxygen atoms in total. The Hall–Kier alpha value is -3.72. The molecule has 34 heavy (non-hydrogen) atoms. The van der Waals surface area contributed by atoms with Crippen molar-refractivity contribution in [2.75, 3.05) is 16.2 Å². The van der Waals surface area contributed by atoms with Gasteiger partial charge in [0.15, 0.2) is 5.65 Å². The Balaban J connectivity index is 1.55. The van der Waals surface area contributed by atoms with Crippen LogP contribution in [0.25, 0.3) is 11.0 Å². The van der Waals surface area contributed by atoms with E-state index in [1.54, 1.807) is 47.3 Å². The minimum absolute atomic E-state index is 0.00724. The van der Waals surface area contributed by atoms with Gasteiger partial charge in [-0.05, 0) is 51.1 Å². The molecule has 0 fully saturated rings. The quantitative estimate of drug-likeness (QED) is 0.432. The van der Waals surface area contributed by atoms with Crippen LogP contribution < -0.4 is 9.62 Å². The summed E-state index contributed by atoms with van der Waals surface area (Å²) in [6, 6.07) is 15.7. The third-order valence-corrected chi connectivity index (χ3v) is 7.46. The first kappa shape index (κ1) is 23.4. The second kappa shape index (κ2) is 9.26. The first-order valence-electron chi connectivity index (χ1n) is 10.9. The van der Waals surface area contributed by atoms with E-state index in [2.05, 4.69) is 15.4 Å². The van der Waals surface area contributed by atoms with E-state index in [0.29, 0.717) is 11.4 Å². The van der Waals surface area contributed by atoms with Crippen LogP contribution in [0.4, 0.5) is 11.4 Å². The van der Waals surface area contributed by atoms with Crippen LogP contribution in [0.2, 0.25) is 0 Å². The van der Waals surface area contributed by atoms with Gasteiger partial charge in [0.1, 0.15) is 0 Å². The summed E-state index contributed by atoms with van der Waals surface area (Å²) in [6.07, 6.45) is 1.55. The summed E-state index contributed by atoms with van der Waals surface area (Å²) in [5, 5.41) is 8.01. The van der Waals surface area contributed by atoms with Crippen LogP contribution in [0, 0.1) is 20.8 Å². The highest BCUT2D eigenvalue weighted by Gasteiger charge is 2.25. The van der Waals surface area contributed by atoms with Gasteiger partial charge in [-0.15, -0.1) is 0 Å². The molecule has 1 N–H and O–H groups in total. The number of amides is 1. The molecule has 0 radical (unpaired) electrons. The fourth-order valence-corrected chi connectivity index (χ4v) is 5.20. The molecular weight excluding hydrogens is 450 g/mol. The van der Waals surface area contributed by atoms with Crippen LogP contribution in [0.1, 0.15) is 23.2 Å². The summed E-state index contributed by atoms with van der Waals surface area (Å²) in [5.74, 6) is -0.307. The lowest BCUT2D eigenvalue weighted by atomic mass is 10.2. The van der Waals surface area contributed by atoms with Gasteiger partial charge in [-0.2, -0.15) is 5.10 Å². The minimum atomic E-state index is -3.85. The minimum Gasteiger partial charge on any atom is -0.325 e. The van der Waals surface area contributed by atoms with Crippen molar-refractivity contribution in [2.45, 2.75) is 32.1 Å². The zero-order valence-electron chi connectivity index (χ0n) is 19.6. The Morgan fingerprint density at radius 1 is 1.00 bits per heavy atom. The van der Waals surface area contributed by atoms with Gasteiger partial charge in [-0.25, -0.2) is 13.4 Å². The average molecular weight is 478 g/mol. The molecule has 2 aromatic heterocycles. The molecule has 0 saturated carbocycles. The van der Waals surface area contributed by atoms with E-state index in [1.165, 1.54) is 4.31 Å². The lowest BCUT2D eigenvalue weighted by molar-refractivity contribution is -0.116. The second-order valence-corrected chi connectivity index (χ2v) is 10.2. The number of aryl methyl sites for hydroxylation is 4. The summed E-state index contributed by atoms with van der Waals surface area (Å²) in [5.41, 5.74) is 4.57. The highest BCUT2D eigenvalue weighted by atomic mass is 32.2. The summed E-state index contributed by atoms with van der Waals surface area (Å²) in [6.45, 7) is 5.71. The van der Waals surface area contributed by atoms with Gasteiger partial charge in [0.25, 0.3) is 10.0 Å². The first-order chi connectivity index (χ1) is 16.1. The average Bonchev–Trinajstić information content (AvgIpc) is 3.08. The van der Waals surface area contributed by atoms with Crippen molar-refractivity contribution in [3.63, 3.8) is 0 Å². The van der Waals surface area contributed by atoms with Crippen LogP contribution in [0.5, 0.6) is 0 Å². The molecule has 0 spiro atoms. The van der Waals surface area contributed by atoms with E-state index < -0.39 is 10.0 Å². The van der Waals surface area contributed by atoms with E-state index in [1.807, 2.05) is 46.0 Å². The van der Waals surface area contributed by atoms with Gasteiger partial charge >= 0.3 is 0 Å². The topological polar surface area (TPSA) is 97.2 Å². The van der Waals surface area contributed by atoms with Gasteiger partial charge < -0.3 is 5.32 Å². The van der Waals surface area contributed by atoms with Gasteiger partial charge in [0, 0.05) is 25.4 Å². The van der Waals surface area contributed by atoms with Crippen molar-refractivity contribution in [3.05, 3.63) is 77.6 Å². The number of benzene rings is 2. The van der Waals surface area contributed by atoms with Gasteiger partial charge in [-0.3, -0.25) is 13.8 Å². The summed E-state index contributed by atoms with van der Waals surface area (Å²) in [7, 11) is -2.04. The van der Waals surface area contributed by atoms with Gasteiger partial charge in [0.05, 0.1) is 28.2 Å². The normalized spacial score (nSPS) is 11.5. The van der Waals surface area contributed by atoms with Gasteiger partial charge in [-0.1, -0.05) is 35.4 Å². The number of hydrogen-bond donors (Lipinski definition) is 1. The Morgan fingerprint density at radius 3 is 2.26 bits per heavy atom. The van der Waals surface area contributed by atoms with Gasteiger partial charge in [0.2, 0.25) is 5.91 Å². The number of nitrogens with one attached hydrogen (secondary N) is 1. The van der Waals surface area contributed by atoms with E-state index >= 15 is 0 Å². The number of pyridine rings is 1. The maximum Gasteiger partial charge on any atom is 0.264 e. The zero-order valence-corrected chi connectivity index (χ0v) is 20.4. The molecule has 176 valence electrons. The van der Waals surface area contributed by atoms with E-state index in [4.69, 9.17) is 0 Å². The second-order valence-electron chi connectivity index (χ2n) is 8.33. The highest BCUT2D eigenvalue weighted by molar-refractivity contribution is 7.92. The lowest BCUT2D eigenvalue weighted by Gasteiger charge is -2.24. The largest absolute Gasteiger partial charge is 0.325 e. The number of nitrogens with zero attached hydrogens (tertiary/aromatic N) is 4. The monoisotopic (exact) mass is 477 g/mol. The third-order valence-electron chi connectivity index (χ3n) is 5.62. The van der Waals surface area contributed by atoms with Crippen molar-refractivity contribution < 1.29 is 13.2 Å². The predicted octanol–water partition coefficient (Wildman–Crippen LogP) is 4.12. The number of sulfonamides is 1. The molecule has 2 heterocycles. The van der Waals surface area contributed by atoms with Crippen molar-refractivity contribution in [2.24, 2.45) is 7.05 Å². The SMILES string of the molecule is Cc1ccc(N(CCC(=O)Nc2cnc3c(c2)c(C)nn3C)S(=O)(=O)c2ccc(C)cc2)cc1. The number of hydrogen-bond acceptors (Lipinski definition) is 5. The summed E-state index contributed by atoms with van der Waals surface area (Å²) in [4.78, 5) is 17.3. The Bertz CT molecular complexity index is 1440. The maximum atomic E-state index is 13.5. The smallest absolute Gasteiger partial charge is 0.264 e. The van der Waals surface area contributed by atoms with E-state index in [-0.39, 0.29) is 23.8 Å². The molecular formula is C25H27N5O3S. The summed E-state index contributed by atoms with van der Waals surface area (Å²) >= 11 is 0. The molecule has 9 heteroatoms. The van der Waals surface area contributed by atoms with Crippen molar-refractivity contribution in [1.82, 2.24) is 14.8 Å². The molecule has 4 rings (SSSR count). The number of carbonyl (C=O) groups is 1. The molecule has 0 atom stereocenters. The Morgan fingerprint density at radius 2 is 1.62 bits per heavy atom. The lowest BCUT2D eigenvalue weighted by Crippen LogP contribution is -2.34. The van der Waals surface area contributed by atoms with Crippen LogP contribution in [0.15, 0.2) is 65.7 Å². The van der Waals surface area contributed by atoms with Crippen LogP contribution in [-0.2, 0) is 21.9 Å².